The number of hydrogen-bond acceptors (Lipinski definition) is 2. The van der Waals surface area contributed by atoms with Gasteiger partial charge in [0.05, 0.1) is 0 Å². The van der Waals surface area contributed by atoms with Crippen LogP contribution in [0.3, 0.4) is 0 Å². The third-order valence-electron chi connectivity index (χ3n) is 0.491. The second kappa shape index (κ2) is 3.86. The number of carbonyl (C=O) groups excluding carboxylic acids is 1. The van der Waals surface area contributed by atoms with E-state index in [1.807, 2.05) is 0 Å². The van der Waals surface area contributed by atoms with Crippen molar-refractivity contribution < 1.29 is 9.36 Å². The molecule has 0 heterocycles. The van der Waals surface area contributed by atoms with Gasteiger partial charge in [-0.25, -0.2) is 0 Å². The van der Waals surface area contributed by atoms with E-state index in [-0.39, 0.29) is 13.7 Å². The van der Waals surface area contributed by atoms with Crippen LogP contribution in [0.1, 0.15) is 13.3 Å². The van der Waals surface area contributed by atoms with Crippen LogP contribution in [0.25, 0.3) is 0 Å². The second-order valence-electron chi connectivity index (χ2n) is 0.980. The van der Waals surface area contributed by atoms with Gasteiger partial charge in [-0.3, -0.25) is 0 Å². The number of rotatable bonds is 1. The van der Waals surface area contributed by atoms with E-state index in [0.717, 1.165) is 0 Å². The Morgan fingerprint density at radius 1 is 1.86 bits per heavy atom. The predicted molar refractivity (Wildman–Crippen MR) is 26.8 cm³/mol. The molecule has 0 N–H and O–H groups in total. The molecule has 0 aliphatic heterocycles. The summed E-state index contributed by atoms with van der Waals surface area (Å²) < 4.78 is 9.54. The van der Waals surface area contributed by atoms with E-state index in [0.29, 0.717) is 6.42 Å². The predicted octanol–water partition coefficient (Wildman–Crippen LogP) is 1.22. The van der Waals surface area contributed by atoms with Gasteiger partial charge in [0.15, 0.2) is 0 Å². The summed E-state index contributed by atoms with van der Waals surface area (Å²) in [6.07, 6.45) is 0.384. The fourth-order valence-electron chi connectivity index (χ4n) is 0.130. The Morgan fingerprint density at radius 2 is 2.43 bits per heavy atom. The molecule has 3 heteroatoms. The topological polar surface area (TPSA) is 34.1 Å². The molecule has 0 spiro atoms. The Bertz CT molecular complexity index is 154. The minimum absolute atomic E-state index is 0.198. The van der Waals surface area contributed by atoms with Crippen LogP contribution >= 0.6 is 7.92 Å². The molecule has 0 fully saturated rings. The molecule has 7 heavy (non-hydrogen) atoms. The zero-order chi connectivity index (χ0) is 5.70. The zero-order valence-corrected chi connectivity index (χ0v) is 4.87. The van der Waals surface area contributed by atoms with Gasteiger partial charge in [-0.05, 0) is 0 Å². The van der Waals surface area contributed by atoms with Crippen molar-refractivity contribution in [2.45, 2.75) is 13.3 Å². The summed E-state index contributed by atoms with van der Waals surface area (Å²) in [5.74, 6) is -0.198. The monoisotopic (exact) mass is 116 g/mol. The fourth-order valence-corrected chi connectivity index (χ4v) is 0.390. The molecule has 0 saturated carbocycles. The van der Waals surface area contributed by atoms with Crippen LogP contribution in [0.15, 0.2) is 0 Å². The van der Waals surface area contributed by atoms with E-state index in [9.17, 15) is 9.36 Å². The molecular formula is C4H5O2P. The summed E-state index contributed by atoms with van der Waals surface area (Å²) in [6.45, 7) is 1.69. The van der Waals surface area contributed by atoms with Crippen LogP contribution < -0.4 is 0 Å². The molecule has 0 saturated heterocycles. The average molecular weight is 116 g/mol. The molecule has 0 aromatic rings. The summed E-state index contributed by atoms with van der Waals surface area (Å²) in [5.41, 5.74) is 2.07. The van der Waals surface area contributed by atoms with Gasteiger partial charge in [0.25, 0.3) is 0 Å². The van der Waals surface area contributed by atoms with Gasteiger partial charge in [0.1, 0.15) is 0 Å². The normalized spacial score (nSPS) is 7.00. The Balaban J connectivity index is 3.75. The van der Waals surface area contributed by atoms with Crippen molar-refractivity contribution in [1.82, 2.24) is 0 Å². The Kier molecular flexibility index (Phi) is 3.68. The molecule has 0 rings (SSSR count). The molecule has 0 bridgehead atoms. The van der Waals surface area contributed by atoms with Gasteiger partial charge in [0, 0.05) is 0 Å². The van der Waals surface area contributed by atoms with Crippen LogP contribution in [-0.2, 0) is 9.36 Å². The van der Waals surface area contributed by atoms with Gasteiger partial charge in [-0.15, -0.1) is 0 Å². The summed E-state index contributed by atoms with van der Waals surface area (Å²) in [4.78, 5) is 10.1. The van der Waals surface area contributed by atoms with Gasteiger partial charge in [0.2, 0.25) is 0 Å². The molecular weight excluding hydrogens is 111 g/mol. The molecule has 0 aromatic carbocycles. The van der Waals surface area contributed by atoms with Crippen molar-refractivity contribution in [2.24, 2.45) is 0 Å². The van der Waals surface area contributed by atoms with Crippen LogP contribution in [0.4, 0.5) is 0 Å². The van der Waals surface area contributed by atoms with Gasteiger partial charge in [-0.2, -0.15) is 0 Å². The molecule has 38 valence electrons. The Morgan fingerprint density at radius 3 is 2.57 bits per heavy atom. The third-order valence-corrected chi connectivity index (χ3v) is 0.832. The Hall–Kier alpha value is -0.320. The molecule has 0 atom stereocenters. The zero-order valence-electron chi connectivity index (χ0n) is 3.97. The number of Topliss-reactive ketones (excluding diaryl/α,β-unsaturated/α-hetero) is 1. The third kappa shape index (κ3) is 3.51. The standard InChI is InChI=1S/C4H5O2P/c1-2-4(5)3-7-6/h2H2,1H3. The molecule has 0 radical (unpaired) electrons. The summed E-state index contributed by atoms with van der Waals surface area (Å²) >= 11 is 0. The minimum atomic E-state index is -0.310. The van der Waals surface area contributed by atoms with Crippen molar-refractivity contribution in [1.29, 1.82) is 0 Å². The molecule has 0 aliphatic rings. The first-order valence-corrected chi connectivity index (χ1v) is 2.73. The van der Waals surface area contributed by atoms with E-state index in [1.165, 1.54) is 0 Å². The van der Waals surface area contributed by atoms with Crippen molar-refractivity contribution >= 4 is 13.7 Å². The van der Waals surface area contributed by atoms with E-state index in [1.54, 1.807) is 6.92 Å². The first-order valence-electron chi connectivity index (χ1n) is 1.92. The molecule has 2 nitrogen and oxygen atoms in total. The second-order valence-corrected chi connectivity index (χ2v) is 1.39. The van der Waals surface area contributed by atoms with E-state index in [2.05, 4.69) is 5.63 Å². The van der Waals surface area contributed by atoms with Gasteiger partial charge >= 0.3 is 42.0 Å². The van der Waals surface area contributed by atoms with Crippen molar-refractivity contribution in [3.8, 4) is 5.63 Å². The number of ketones is 1. The van der Waals surface area contributed by atoms with Crippen LogP contribution in [0, 0.1) is 5.63 Å². The van der Waals surface area contributed by atoms with Crippen molar-refractivity contribution in [2.75, 3.05) is 0 Å². The van der Waals surface area contributed by atoms with Crippen molar-refractivity contribution in [3.05, 3.63) is 0 Å². The molecule has 0 amide bonds. The quantitative estimate of drug-likeness (QED) is 0.482. The first kappa shape index (κ1) is 6.68. The molecule has 0 aliphatic carbocycles. The summed E-state index contributed by atoms with van der Waals surface area (Å²) in [6, 6.07) is 0. The maximum atomic E-state index is 10.1. The first-order chi connectivity index (χ1) is 3.31. The van der Waals surface area contributed by atoms with Crippen molar-refractivity contribution in [3.63, 3.8) is 0 Å². The van der Waals surface area contributed by atoms with E-state index < -0.39 is 0 Å². The van der Waals surface area contributed by atoms with Crippen LogP contribution in [0.5, 0.6) is 0 Å². The van der Waals surface area contributed by atoms with E-state index in [4.69, 9.17) is 0 Å². The van der Waals surface area contributed by atoms with Gasteiger partial charge in [-0.1, -0.05) is 0 Å². The number of hydrogen-bond donors (Lipinski definition) is 0. The fraction of sp³-hybridized carbons (Fsp3) is 0.500. The van der Waals surface area contributed by atoms with E-state index >= 15 is 0 Å². The molecule has 0 aromatic heterocycles. The SMILES string of the molecule is CCC(=O)C#P=O. The average Bonchev–Trinajstić information content (AvgIpc) is 1.68. The summed E-state index contributed by atoms with van der Waals surface area (Å²) in [7, 11) is -0.310. The van der Waals surface area contributed by atoms with Crippen LogP contribution in [-0.4, -0.2) is 5.78 Å². The maximum absolute atomic E-state index is 10.1. The van der Waals surface area contributed by atoms with Crippen LogP contribution in [0.2, 0.25) is 0 Å². The Labute approximate surface area is 43.0 Å². The number of carbonyl (C=O) groups is 1. The molecule has 0 unspecified atom stereocenters. The van der Waals surface area contributed by atoms with Gasteiger partial charge < -0.3 is 0 Å². The summed E-state index contributed by atoms with van der Waals surface area (Å²) in [5, 5.41) is 0.